The van der Waals surface area contributed by atoms with Crippen LogP contribution in [-0.2, 0) is 4.79 Å². The second kappa shape index (κ2) is 8.32. The fraction of sp³-hybridized carbons (Fsp3) is 0.650. The van der Waals surface area contributed by atoms with Crippen molar-refractivity contribution in [1.82, 2.24) is 4.90 Å². The van der Waals surface area contributed by atoms with Crippen LogP contribution in [0.5, 0.6) is 0 Å². The van der Waals surface area contributed by atoms with Crippen LogP contribution in [0.25, 0.3) is 0 Å². The van der Waals surface area contributed by atoms with Crippen molar-refractivity contribution < 1.29 is 4.79 Å². The highest BCUT2D eigenvalue weighted by molar-refractivity contribution is 7.99. The molecule has 2 saturated carbocycles. The van der Waals surface area contributed by atoms with Gasteiger partial charge in [-0.2, -0.15) is 11.8 Å². The number of nitrogens with zero attached hydrogens (tertiary/aromatic N) is 1. The van der Waals surface area contributed by atoms with Crippen LogP contribution < -0.4 is 5.73 Å². The predicted molar refractivity (Wildman–Crippen MR) is 107 cm³/mol. The van der Waals surface area contributed by atoms with Crippen molar-refractivity contribution in [3.05, 3.63) is 35.9 Å². The Hall–Kier alpha value is -0.710. The van der Waals surface area contributed by atoms with Crippen molar-refractivity contribution in [2.75, 3.05) is 18.1 Å². The molecule has 1 aliphatic heterocycles. The number of nitrogens with two attached hydrogens (primary N) is 1. The highest BCUT2D eigenvalue weighted by Crippen LogP contribution is 2.43. The molecule has 3 unspecified atom stereocenters. The van der Waals surface area contributed by atoms with Crippen LogP contribution >= 0.6 is 24.2 Å². The van der Waals surface area contributed by atoms with Gasteiger partial charge in [0.2, 0.25) is 5.91 Å². The lowest BCUT2D eigenvalue weighted by atomic mass is 9.65. The molecule has 5 heteroatoms. The topological polar surface area (TPSA) is 46.3 Å². The number of thioether (sulfide) groups is 1. The number of amides is 1. The van der Waals surface area contributed by atoms with Crippen LogP contribution in [-0.4, -0.2) is 34.9 Å². The summed E-state index contributed by atoms with van der Waals surface area (Å²) in [5.74, 6) is 3.83. The molecule has 1 amide bonds. The minimum absolute atomic E-state index is 0. The Kier molecular flexibility index (Phi) is 6.35. The van der Waals surface area contributed by atoms with E-state index in [1.54, 1.807) is 0 Å². The molecule has 2 bridgehead atoms. The van der Waals surface area contributed by atoms with E-state index in [2.05, 4.69) is 35.2 Å². The summed E-state index contributed by atoms with van der Waals surface area (Å²) in [4.78, 5) is 15.5. The standard InChI is InChI=1S/C20H28N2OS.ClH/c21-19-15-7-4-8-16(19)12-17(11-15)20(23)22-9-10-24-13-18(22)14-5-2-1-3-6-14;/h1-3,5-6,15-19H,4,7-13,21H2;1H. The van der Waals surface area contributed by atoms with Gasteiger partial charge in [-0.05, 0) is 43.1 Å². The highest BCUT2D eigenvalue weighted by Gasteiger charge is 2.43. The first kappa shape index (κ1) is 19.1. The lowest BCUT2D eigenvalue weighted by Crippen LogP contribution is -2.51. The van der Waals surface area contributed by atoms with E-state index in [4.69, 9.17) is 5.73 Å². The minimum atomic E-state index is 0. The lowest BCUT2D eigenvalue weighted by Gasteiger charge is -2.46. The summed E-state index contributed by atoms with van der Waals surface area (Å²) in [7, 11) is 0. The number of halogens is 1. The molecule has 1 aromatic carbocycles. The van der Waals surface area contributed by atoms with Crippen molar-refractivity contribution in [3.8, 4) is 0 Å². The Morgan fingerprint density at radius 1 is 1.12 bits per heavy atom. The summed E-state index contributed by atoms with van der Waals surface area (Å²) in [5.41, 5.74) is 7.70. The third kappa shape index (κ3) is 3.86. The molecule has 3 atom stereocenters. The number of carbonyl (C=O) groups is 1. The zero-order chi connectivity index (χ0) is 16.5. The van der Waals surface area contributed by atoms with Gasteiger partial charge in [0, 0.05) is 30.0 Å². The number of rotatable bonds is 2. The Balaban J connectivity index is 0.00000182. The van der Waals surface area contributed by atoms with Gasteiger partial charge >= 0.3 is 0 Å². The molecule has 1 saturated heterocycles. The van der Waals surface area contributed by atoms with Gasteiger partial charge in [-0.1, -0.05) is 36.8 Å². The molecule has 0 radical (unpaired) electrons. The van der Waals surface area contributed by atoms with E-state index in [9.17, 15) is 4.79 Å². The fourth-order valence-corrected chi connectivity index (χ4v) is 6.13. The Morgan fingerprint density at radius 3 is 2.48 bits per heavy atom. The van der Waals surface area contributed by atoms with Gasteiger partial charge in [0.1, 0.15) is 0 Å². The summed E-state index contributed by atoms with van der Waals surface area (Å²) in [6.07, 6.45) is 5.78. The molecular weight excluding hydrogens is 352 g/mol. The predicted octanol–water partition coefficient (Wildman–Crippen LogP) is 3.88. The van der Waals surface area contributed by atoms with Crippen molar-refractivity contribution in [2.24, 2.45) is 23.5 Å². The molecule has 3 fully saturated rings. The maximum absolute atomic E-state index is 13.4. The smallest absolute Gasteiger partial charge is 0.226 e. The number of fused-ring (bicyclic) bond motifs is 2. The molecule has 25 heavy (non-hydrogen) atoms. The minimum Gasteiger partial charge on any atom is -0.334 e. The highest BCUT2D eigenvalue weighted by atomic mass is 35.5. The first-order chi connectivity index (χ1) is 11.7. The Bertz CT molecular complexity index is 570. The first-order valence-corrected chi connectivity index (χ1v) is 10.6. The van der Waals surface area contributed by atoms with Crippen LogP contribution in [0.2, 0.25) is 0 Å². The summed E-state index contributed by atoms with van der Waals surface area (Å²) in [6.45, 7) is 0.890. The molecule has 0 aromatic heterocycles. The molecule has 1 heterocycles. The number of hydrogen-bond acceptors (Lipinski definition) is 3. The summed E-state index contributed by atoms with van der Waals surface area (Å²) in [6, 6.07) is 11.1. The molecule has 1 aromatic rings. The number of benzene rings is 1. The van der Waals surface area contributed by atoms with E-state index >= 15 is 0 Å². The number of hydrogen-bond donors (Lipinski definition) is 1. The third-order valence-corrected chi connectivity index (χ3v) is 7.38. The van der Waals surface area contributed by atoms with Crippen molar-refractivity contribution in [2.45, 2.75) is 44.2 Å². The average Bonchev–Trinajstić information content (AvgIpc) is 2.62. The van der Waals surface area contributed by atoms with E-state index in [-0.39, 0.29) is 24.4 Å². The molecule has 2 aliphatic carbocycles. The van der Waals surface area contributed by atoms with Crippen LogP contribution in [0.4, 0.5) is 0 Å². The normalized spacial score (nSPS) is 34.9. The second-order valence-corrected chi connectivity index (χ2v) is 8.88. The van der Waals surface area contributed by atoms with Gasteiger partial charge in [0.15, 0.2) is 0 Å². The van der Waals surface area contributed by atoms with Crippen molar-refractivity contribution in [3.63, 3.8) is 0 Å². The molecule has 2 N–H and O–H groups in total. The monoisotopic (exact) mass is 380 g/mol. The summed E-state index contributed by atoms with van der Waals surface area (Å²) in [5, 5.41) is 0. The van der Waals surface area contributed by atoms with Crippen molar-refractivity contribution >= 4 is 30.1 Å². The average molecular weight is 381 g/mol. The van der Waals surface area contributed by atoms with E-state index < -0.39 is 0 Å². The van der Waals surface area contributed by atoms with E-state index in [1.807, 2.05) is 11.8 Å². The second-order valence-electron chi connectivity index (χ2n) is 7.73. The largest absolute Gasteiger partial charge is 0.334 e. The molecule has 3 nitrogen and oxygen atoms in total. The number of carbonyl (C=O) groups excluding carboxylic acids is 1. The molecule has 138 valence electrons. The van der Waals surface area contributed by atoms with Crippen LogP contribution in [0, 0.1) is 17.8 Å². The Labute approximate surface area is 161 Å². The maximum Gasteiger partial charge on any atom is 0.226 e. The van der Waals surface area contributed by atoms with Gasteiger partial charge in [0.25, 0.3) is 0 Å². The maximum atomic E-state index is 13.4. The molecule has 3 aliphatic rings. The zero-order valence-corrected chi connectivity index (χ0v) is 16.3. The summed E-state index contributed by atoms with van der Waals surface area (Å²) < 4.78 is 0. The van der Waals surface area contributed by atoms with Gasteiger partial charge in [-0.3, -0.25) is 4.79 Å². The molecular formula is C20H29ClN2OS. The molecule has 0 spiro atoms. The quantitative estimate of drug-likeness (QED) is 0.846. The van der Waals surface area contributed by atoms with E-state index in [0.29, 0.717) is 23.8 Å². The third-order valence-electron chi connectivity index (χ3n) is 6.36. The van der Waals surface area contributed by atoms with Crippen LogP contribution in [0.3, 0.4) is 0 Å². The van der Waals surface area contributed by atoms with E-state index in [0.717, 1.165) is 30.9 Å². The van der Waals surface area contributed by atoms with Gasteiger partial charge < -0.3 is 10.6 Å². The summed E-state index contributed by atoms with van der Waals surface area (Å²) >= 11 is 1.97. The van der Waals surface area contributed by atoms with Crippen molar-refractivity contribution in [1.29, 1.82) is 0 Å². The lowest BCUT2D eigenvalue weighted by molar-refractivity contribution is -0.140. The van der Waals surface area contributed by atoms with Gasteiger partial charge in [-0.15, -0.1) is 12.4 Å². The van der Waals surface area contributed by atoms with E-state index in [1.165, 1.54) is 24.8 Å². The van der Waals surface area contributed by atoms with Crippen LogP contribution in [0.15, 0.2) is 30.3 Å². The zero-order valence-electron chi connectivity index (χ0n) is 14.7. The first-order valence-electron chi connectivity index (χ1n) is 9.43. The SMILES string of the molecule is Cl.NC1C2CCCC1CC(C(=O)N1CCSCC1c1ccccc1)C2. The fourth-order valence-electron chi connectivity index (χ4n) is 5.04. The molecule has 4 rings (SSSR count). The van der Waals surface area contributed by atoms with Gasteiger partial charge in [-0.25, -0.2) is 0 Å². The Morgan fingerprint density at radius 2 is 1.80 bits per heavy atom. The van der Waals surface area contributed by atoms with Crippen LogP contribution in [0.1, 0.15) is 43.7 Å². The van der Waals surface area contributed by atoms with Gasteiger partial charge in [0.05, 0.1) is 6.04 Å².